The van der Waals surface area contributed by atoms with Gasteiger partial charge >= 0.3 is 5.97 Å². The third-order valence-corrected chi connectivity index (χ3v) is 2.58. The highest BCUT2D eigenvalue weighted by atomic mass is 16.5. The number of rotatable bonds is 3. The number of nitrogens with one attached hydrogen (secondary N) is 1. The molecule has 1 rings (SSSR count). The number of hydrogen-bond donors (Lipinski definition) is 2. The molecule has 0 spiro atoms. The zero-order valence-electron chi connectivity index (χ0n) is 10.4. The van der Waals surface area contributed by atoms with Gasteiger partial charge in [-0.05, 0) is 33.3 Å². The molecule has 0 radical (unpaired) electrons. The monoisotopic (exact) mass is 236 g/mol. The number of H-pyrrole nitrogens is 1. The standard InChI is InChI=1S/C12H16N2O3/c1-6(5-13)17-12(16)11-7(2)10(9(4)15)8(3)14-11/h6,9,14-15H,1-4H3/t6-,9+/m1/s1. The second-order valence-corrected chi connectivity index (χ2v) is 4.02. The van der Waals surface area contributed by atoms with E-state index in [-0.39, 0.29) is 0 Å². The summed E-state index contributed by atoms with van der Waals surface area (Å²) in [6.07, 6.45) is -1.44. The van der Waals surface area contributed by atoms with Crippen molar-refractivity contribution in [2.75, 3.05) is 0 Å². The van der Waals surface area contributed by atoms with Gasteiger partial charge in [0.1, 0.15) is 11.8 Å². The highest BCUT2D eigenvalue weighted by Gasteiger charge is 2.22. The number of aliphatic hydroxyl groups excluding tert-OH is 1. The summed E-state index contributed by atoms with van der Waals surface area (Å²) in [5.74, 6) is -0.577. The molecule has 1 aromatic heterocycles. The number of aryl methyl sites for hydroxylation is 1. The molecule has 2 N–H and O–H groups in total. The summed E-state index contributed by atoms with van der Waals surface area (Å²) in [6, 6.07) is 1.82. The van der Waals surface area contributed by atoms with Gasteiger partial charge in [0.15, 0.2) is 6.10 Å². The third-order valence-electron chi connectivity index (χ3n) is 2.58. The topological polar surface area (TPSA) is 86.1 Å². The van der Waals surface area contributed by atoms with E-state index in [4.69, 9.17) is 10.00 Å². The second kappa shape index (κ2) is 5.02. The molecule has 1 heterocycles. The predicted octanol–water partition coefficient (Wildman–Crippen LogP) is 1.75. The molecule has 0 bridgehead atoms. The smallest absolute Gasteiger partial charge is 0.356 e. The van der Waals surface area contributed by atoms with Crippen molar-refractivity contribution >= 4 is 5.97 Å². The first-order valence-corrected chi connectivity index (χ1v) is 5.36. The van der Waals surface area contributed by atoms with Crippen LogP contribution < -0.4 is 0 Å². The number of nitriles is 1. The molecule has 0 aromatic carbocycles. The van der Waals surface area contributed by atoms with Crippen LogP contribution in [0, 0.1) is 25.2 Å². The Bertz CT molecular complexity index is 469. The molecule has 92 valence electrons. The first-order valence-electron chi connectivity index (χ1n) is 5.36. The quantitative estimate of drug-likeness (QED) is 0.783. The van der Waals surface area contributed by atoms with Crippen LogP contribution >= 0.6 is 0 Å². The number of ether oxygens (including phenoxy) is 1. The van der Waals surface area contributed by atoms with Gasteiger partial charge in [-0.15, -0.1) is 0 Å². The molecular weight excluding hydrogens is 220 g/mol. The van der Waals surface area contributed by atoms with E-state index in [0.717, 1.165) is 5.69 Å². The van der Waals surface area contributed by atoms with Crippen molar-refractivity contribution in [3.63, 3.8) is 0 Å². The van der Waals surface area contributed by atoms with Gasteiger partial charge in [0.05, 0.1) is 6.10 Å². The van der Waals surface area contributed by atoms with E-state index in [1.807, 2.05) is 6.07 Å². The van der Waals surface area contributed by atoms with Crippen molar-refractivity contribution in [3.8, 4) is 6.07 Å². The molecule has 0 saturated heterocycles. The van der Waals surface area contributed by atoms with E-state index in [2.05, 4.69) is 4.98 Å². The number of hydrogen-bond acceptors (Lipinski definition) is 4. The van der Waals surface area contributed by atoms with Gasteiger partial charge in [-0.3, -0.25) is 0 Å². The Hall–Kier alpha value is -1.80. The van der Waals surface area contributed by atoms with Crippen LogP contribution in [0.25, 0.3) is 0 Å². The number of nitrogens with zero attached hydrogens (tertiary/aromatic N) is 1. The molecule has 0 aliphatic rings. The molecule has 0 aliphatic carbocycles. The second-order valence-electron chi connectivity index (χ2n) is 4.02. The average molecular weight is 236 g/mol. The molecule has 5 nitrogen and oxygen atoms in total. The van der Waals surface area contributed by atoms with Gasteiger partial charge in [-0.1, -0.05) is 0 Å². The number of esters is 1. The normalized spacial score (nSPS) is 13.9. The van der Waals surface area contributed by atoms with Gasteiger partial charge in [-0.25, -0.2) is 4.79 Å². The molecule has 0 aliphatic heterocycles. The Morgan fingerprint density at radius 2 is 2.06 bits per heavy atom. The molecule has 5 heteroatoms. The molecule has 0 unspecified atom stereocenters. The van der Waals surface area contributed by atoms with Gasteiger partial charge in [-0.2, -0.15) is 5.26 Å². The molecule has 1 aromatic rings. The maximum atomic E-state index is 11.7. The third kappa shape index (κ3) is 2.66. The predicted molar refractivity (Wildman–Crippen MR) is 61.4 cm³/mol. The first kappa shape index (κ1) is 13.3. The number of aromatic nitrogens is 1. The van der Waals surface area contributed by atoms with Crippen molar-refractivity contribution < 1.29 is 14.6 Å². The Morgan fingerprint density at radius 1 is 1.47 bits per heavy atom. The van der Waals surface area contributed by atoms with E-state index in [1.54, 1.807) is 20.8 Å². The first-order chi connectivity index (χ1) is 7.88. The Labute approximate surface area is 100 Å². The van der Waals surface area contributed by atoms with Gasteiger partial charge < -0.3 is 14.8 Å². The minimum Gasteiger partial charge on any atom is -0.443 e. The van der Waals surface area contributed by atoms with Gasteiger partial charge in [0.25, 0.3) is 0 Å². The van der Waals surface area contributed by atoms with E-state index in [9.17, 15) is 9.90 Å². The van der Waals surface area contributed by atoms with Crippen molar-refractivity contribution in [1.82, 2.24) is 4.98 Å². The SMILES string of the molecule is Cc1[nH]c(C(=O)O[C@H](C)C#N)c(C)c1[C@H](C)O. The lowest BCUT2D eigenvalue weighted by Crippen LogP contribution is -2.14. The van der Waals surface area contributed by atoms with Crippen LogP contribution in [0.3, 0.4) is 0 Å². The maximum Gasteiger partial charge on any atom is 0.356 e. The summed E-state index contributed by atoms with van der Waals surface area (Å²) in [7, 11) is 0. The van der Waals surface area contributed by atoms with Gasteiger partial charge in [0, 0.05) is 11.3 Å². The van der Waals surface area contributed by atoms with Crippen molar-refractivity contribution in [2.45, 2.75) is 39.9 Å². The minimum absolute atomic E-state index is 0.292. The van der Waals surface area contributed by atoms with Crippen LogP contribution in [0.15, 0.2) is 0 Å². The maximum absolute atomic E-state index is 11.7. The van der Waals surface area contributed by atoms with Crippen molar-refractivity contribution in [3.05, 3.63) is 22.5 Å². The fourth-order valence-electron chi connectivity index (χ4n) is 1.84. The number of carbonyl (C=O) groups is 1. The van der Waals surface area contributed by atoms with E-state index in [1.165, 1.54) is 6.92 Å². The van der Waals surface area contributed by atoms with E-state index < -0.39 is 18.2 Å². The summed E-state index contributed by atoms with van der Waals surface area (Å²) >= 11 is 0. The summed E-state index contributed by atoms with van der Waals surface area (Å²) < 4.78 is 4.90. The molecule has 2 atom stereocenters. The zero-order chi connectivity index (χ0) is 13.2. The summed E-state index contributed by atoms with van der Waals surface area (Å²) in [4.78, 5) is 14.6. The van der Waals surface area contributed by atoms with Crippen LogP contribution in [0.4, 0.5) is 0 Å². The molecule has 0 fully saturated rings. The fraction of sp³-hybridized carbons (Fsp3) is 0.500. The lowest BCUT2D eigenvalue weighted by molar-refractivity contribution is 0.0428. The zero-order valence-corrected chi connectivity index (χ0v) is 10.4. The fourth-order valence-corrected chi connectivity index (χ4v) is 1.84. The van der Waals surface area contributed by atoms with Crippen LogP contribution in [-0.2, 0) is 4.74 Å². The lowest BCUT2D eigenvalue weighted by Gasteiger charge is -2.06. The van der Waals surface area contributed by atoms with Crippen LogP contribution in [-0.4, -0.2) is 22.2 Å². The average Bonchev–Trinajstić information content (AvgIpc) is 2.53. The van der Waals surface area contributed by atoms with Crippen molar-refractivity contribution in [2.24, 2.45) is 0 Å². The van der Waals surface area contributed by atoms with E-state index >= 15 is 0 Å². The molecule has 17 heavy (non-hydrogen) atoms. The molecule has 0 amide bonds. The summed E-state index contributed by atoms with van der Waals surface area (Å²) in [5.41, 5.74) is 2.38. The van der Waals surface area contributed by atoms with Gasteiger partial charge in [0.2, 0.25) is 0 Å². The largest absolute Gasteiger partial charge is 0.443 e. The highest BCUT2D eigenvalue weighted by molar-refractivity contribution is 5.90. The highest BCUT2D eigenvalue weighted by Crippen LogP contribution is 2.24. The summed E-state index contributed by atoms with van der Waals surface area (Å²) in [6.45, 7) is 6.65. The summed E-state index contributed by atoms with van der Waals surface area (Å²) in [5, 5.41) is 18.2. The van der Waals surface area contributed by atoms with Crippen LogP contribution in [0.2, 0.25) is 0 Å². The lowest BCUT2D eigenvalue weighted by atomic mass is 10.1. The minimum atomic E-state index is -0.791. The number of aromatic amines is 1. The van der Waals surface area contributed by atoms with Crippen molar-refractivity contribution in [1.29, 1.82) is 5.26 Å². The van der Waals surface area contributed by atoms with E-state index in [0.29, 0.717) is 16.8 Å². The Kier molecular flexibility index (Phi) is 3.92. The number of aliphatic hydroxyl groups is 1. The Balaban J connectivity index is 3.05. The van der Waals surface area contributed by atoms with Crippen LogP contribution in [0.5, 0.6) is 0 Å². The Morgan fingerprint density at radius 3 is 2.47 bits per heavy atom. The molecule has 0 saturated carbocycles. The molecular formula is C12H16N2O3. The number of carbonyl (C=O) groups excluding carboxylic acids is 1. The van der Waals surface area contributed by atoms with Crippen LogP contribution in [0.1, 0.15) is 47.3 Å².